The van der Waals surface area contributed by atoms with Crippen molar-refractivity contribution in [2.75, 3.05) is 11.5 Å². The SMILES string of the molecule is CC(C)CCS(=O)(=O)CC(=O)c1cc(F)ccc1F. The van der Waals surface area contributed by atoms with Crippen LogP contribution in [0, 0.1) is 17.6 Å². The van der Waals surface area contributed by atoms with Gasteiger partial charge in [-0.25, -0.2) is 17.2 Å². The Kier molecular flexibility index (Phi) is 5.17. The second kappa shape index (κ2) is 6.23. The molecular weight excluding hydrogens is 274 g/mol. The van der Waals surface area contributed by atoms with Gasteiger partial charge in [-0.05, 0) is 30.5 Å². The fourth-order valence-corrected chi connectivity index (χ4v) is 3.01. The lowest BCUT2D eigenvalue weighted by Crippen LogP contribution is -2.21. The first-order valence-corrected chi connectivity index (χ1v) is 7.72. The Balaban J connectivity index is 2.82. The first-order chi connectivity index (χ1) is 8.71. The van der Waals surface area contributed by atoms with Crippen LogP contribution >= 0.6 is 0 Å². The monoisotopic (exact) mass is 290 g/mol. The Labute approximate surface area is 111 Å². The molecule has 0 heterocycles. The number of ketones is 1. The van der Waals surface area contributed by atoms with E-state index < -0.39 is 38.6 Å². The van der Waals surface area contributed by atoms with Gasteiger partial charge in [-0.3, -0.25) is 4.79 Å². The molecule has 0 aromatic heterocycles. The van der Waals surface area contributed by atoms with Crippen LogP contribution in [-0.4, -0.2) is 25.7 Å². The molecule has 106 valence electrons. The van der Waals surface area contributed by atoms with Crippen molar-refractivity contribution in [3.05, 3.63) is 35.4 Å². The van der Waals surface area contributed by atoms with Crippen LogP contribution in [0.15, 0.2) is 18.2 Å². The van der Waals surface area contributed by atoms with Crippen molar-refractivity contribution in [1.29, 1.82) is 0 Å². The number of rotatable bonds is 6. The summed E-state index contributed by atoms with van der Waals surface area (Å²) in [4.78, 5) is 11.7. The van der Waals surface area contributed by atoms with Gasteiger partial charge in [0.1, 0.15) is 17.4 Å². The van der Waals surface area contributed by atoms with Crippen LogP contribution in [0.5, 0.6) is 0 Å². The zero-order valence-electron chi connectivity index (χ0n) is 10.8. The molecule has 1 aromatic carbocycles. The van der Waals surface area contributed by atoms with E-state index in [4.69, 9.17) is 0 Å². The van der Waals surface area contributed by atoms with E-state index >= 15 is 0 Å². The lowest BCUT2D eigenvalue weighted by Gasteiger charge is -2.06. The fourth-order valence-electron chi connectivity index (χ4n) is 1.48. The number of hydrogen-bond donors (Lipinski definition) is 0. The number of halogens is 2. The maximum absolute atomic E-state index is 13.3. The molecule has 0 N–H and O–H groups in total. The van der Waals surface area contributed by atoms with E-state index in [0.29, 0.717) is 6.42 Å². The molecule has 1 aromatic rings. The van der Waals surface area contributed by atoms with E-state index in [0.717, 1.165) is 18.2 Å². The van der Waals surface area contributed by atoms with Crippen LogP contribution in [-0.2, 0) is 9.84 Å². The quantitative estimate of drug-likeness (QED) is 0.757. The minimum Gasteiger partial charge on any atom is -0.293 e. The maximum Gasteiger partial charge on any atom is 0.180 e. The maximum atomic E-state index is 13.3. The highest BCUT2D eigenvalue weighted by Gasteiger charge is 2.21. The van der Waals surface area contributed by atoms with Gasteiger partial charge in [-0.15, -0.1) is 0 Å². The number of hydrogen-bond acceptors (Lipinski definition) is 3. The summed E-state index contributed by atoms with van der Waals surface area (Å²) in [5, 5.41) is 0. The molecule has 1 rings (SSSR count). The van der Waals surface area contributed by atoms with Crippen LogP contribution in [0.25, 0.3) is 0 Å². The first-order valence-electron chi connectivity index (χ1n) is 5.90. The predicted molar refractivity (Wildman–Crippen MR) is 68.8 cm³/mol. The lowest BCUT2D eigenvalue weighted by molar-refractivity contribution is 0.101. The second-order valence-electron chi connectivity index (χ2n) is 4.82. The number of carbonyl (C=O) groups is 1. The van der Waals surface area contributed by atoms with Gasteiger partial charge >= 0.3 is 0 Å². The Hall–Kier alpha value is -1.30. The van der Waals surface area contributed by atoms with Gasteiger partial charge in [-0.2, -0.15) is 0 Å². The molecule has 6 heteroatoms. The number of benzene rings is 1. The Morgan fingerprint density at radius 2 is 1.89 bits per heavy atom. The molecule has 0 amide bonds. The summed E-state index contributed by atoms with van der Waals surface area (Å²) in [6.45, 7) is 3.73. The highest BCUT2D eigenvalue weighted by atomic mass is 32.2. The topological polar surface area (TPSA) is 51.2 Å². The zero-order valence-corrected chi connectivity index (χ0v) is 11.6. The first kappa shape index (κ1) is 15.8. The highest BCUT2D eigenvalue weighted by molar-refractivity contribution is 7.92. The molecule has 19 heavy (non-hydrogen) atoms. The van der Waals surface area contributed by atoms with Gasteiger partial charge in [0.25, 0.3) is 0 Å². The third-order valence-corrected chi connectivity index (χ3v) is 4.15. The Morgan fingerprint density at radius 1 is 1.26 bits per heavy atom. The van der Waals surface area contributed by atoms with Crippen molar-refractivity contribution in [1.82, 2.24) is 0 Å². The molecule has 0 radical (unpaired) electrons. The molecule has 0 atom stereocenters. The zero-order chi connectivity index (χ0) is 14.6. The molecule has 0 aliphatic rings. The minimum absolute atomic E-state index is 0.132. The van der Waals surface area contributed by atoms with E-state index in [2.05, 4.69) is 0 Å². The van der Waals surface area contributed by atoms with E-state index in [9.17, 15) is 22.0 Å². The smallest absolute Gasteiger partial charge is 0.180 e. The summed E-state index contributed by atoms with van der Waals surface area (Å²) in [5.41, 5.74) is -0.520. The number of sulfone groups is 1. The molecule has 0 aliphatic carbocycles. The van der Waals surface area contributed by atoms with Crippen LogP contribution in [0.3, 0.4) is 0 Å². The van der Waals surface area contributed by atoms with Crippen LogP contribution in [0.4, 0.5) is 8.78 Å². The van der Waals surface area contributed by atoms with Crippen molar-refractivity contribution < 1.29 is 22.0 Å². The Morgan fingerprint density at radius 3 is 2.47 bits per heavy atom. The van der Waals surface area contributed by atoms with Crippen LogP contribution < -0.4 is 0 Å². The van der Waals surface area contributed by atoms with Crippen LogP contribution in [0.2, 0.25) is 0 Å². The number of Topliss-reactive ketones (excluding diaryl/α,β-unsaturated/α-hetero) is 1. The summed E-state index contributed by atoms with van der Waals surface area (Å²) in [5.74, 6) is -3.33. The average Bonchev–Trinajstić information content (AvgIpc) is 2.29. The molecule has 0 aliphatic heterocycles. The fraction of sp³-hybridized carbons (Fsp3) is 0.462. The minimum atomic E-state index is -3.59. The molecule has 0 saturated heterocycles. The molecule has 0 unspecified atom stereocenters. The normalized spacial score (nSPS) is 11.8. The van der Waals surface area contributed by atoms with Gasteiger partial charge in [0.15, 0.2) is 15.6 Å². The van der Waals surface area contributed by atoms with E-state index in [1.807, 2.05) is 13.8 Å². The van der Waals surface area contributed by atoms with Gasteiger partial charge in [-0.1, -0.05) is 13.8 Å². The molecule has 0 bridgehead atoms. The average molecular weight is 290 g/mol. The van der Waals surface area contributed by atoms with Crippen molar-refractivity contribution >= 4 is 15.6 Å². The molecule has 0 saturated carbocycles. The van der Waals surface area contributed by atoms with E-state index in [-0.39, 0.29) is 11.7 Å². The van der Waals surface area contributed by atoms with Gasteiger partial charge in [0.2, 0.25) is 0 Å². The van der Waals surface area contributed by atoms with Gasteiger partial charge in [0, 0.05) is 0 Å². The third kappa shape index (κ3) is 5.06. The summed E-state index contributed by atoms with van der Waals surface area (Å²) in [6, 6.07) is 2.40. The second-order valence-corrected chi connectivity index (χ2v) is 7.01. The lowest BCUT2D eigenvalue weighted by atomic mass is 10.1. The van der Waals surface area contributed by atoms with Gasteiger partial charge in [0.05, 0.1) is 11.3 Å². The molecule has 0 spiro atoms. The van der Waals surface area contributed by atoms with Crippen molar-refractivity contribution in [3.8, 4) is 0 Å². The predicted octanol–water partition coefficient (Wildman–Crippen LogP) is 2.61. The van der Waals surface area contributed by atoms with Crippen molar-refractivity contribution in [2.24, 2.45) is 5.92 Å². The Bertz CT molecular complexity index is 565. The standard InChI is InChI=1S/C13H16F2O3S/c1-9(2)5-6-19(17,18)8-13(16)11-7-10(14)3-4-12(11)15/h3-4,7,9H,5-6,8H2,1-2H3. The summed E-state index contributed by atoms with van der Waals surface area (Å²) in [6.07, 6.45) is 0.432. The molecule has 0 fully saturated rings. The third-order valence-electron chi connectivity index (χ3n) is 2.59. The van der Waals surface area contributed by atoms with Crippen molar-refractivity contribution in [3.63, 3.8) is 0 Å². The number of carbonyl (C=O) groups excluding carboxylic acids is 1. The largest absolute Gasteiger partial charge is 0.293 e. The summed E-state index contributed by atoms with van der Waals surface area (Å²) < 4.78 is 49.6. The van der Waals surface area contributed by atoms with Crippen molar-refractivity contribution in [2.45, 2.75) is 20.3 Å². The summed E-state index contributed by atoms with van der Waals surface area (Å²) in [7, 11) is -3.59. The molecule has 3 nitrogen and oxygen atoms in total. The summed E-state index contributed by atoms with van der Waals surface area (Å²) >= 11 is 0. The van der Waals surface area contributed by atoms with Gasteiger partial charge < -0.3 is 0 Å². The van der Waals surface area contributed by atoms with Crippen LogP contribution in [0.1, 0.15) is 30.6 Å². The van der Waals surface area contributed by atoms with E-state index in [1.54, 1.807) is 0 Å². The van der Waals surface area contributed by atoms with E-state index in [1.165, 1.54) is 0 Å². The molecular formula is C13H16F2O3S. The highest BCUT2D eigenvalue weighted by Crippen LogP contribution is 2.12.